The lowest BCUT2D eigenvalue weighted by Crippen LogP contribution is -2.30. The Kier molecular flexibility index (Phi) is 3.65. The fourth-order valence-electron chi connectivity index (χ4n) is 1.89. The van der Waals surface area contributed by atoms with Gasteiger partial charge in [-0.1, -0.05) is 30.3 Å². The predicted molar refractivity (Wildman–Crippen MR) is 69.9 cm³/mol. The molecule has 0 saturated heterocycles. The van der Waals surface area contributed by atoms with Crippen LogP contribution in [-0.2, 0) is 4.79 Å². The van der Waals surface area contributed by atoms with Crippen LogP contribution in [0.4, 0.5) is 0 Å². The van der Waals surface area contributed by atoms with E-state index in [-0.39, 0.29) is 5.56 Å². The van der Waals surface area contributed by atoms with Crippen molar-refractivity contribution in [1.29, 1.82) is 0 Å². The molecular weight excluding hydrogens is 262 g/mol. The average Bonchev–Trinajstić information content (AvgIpc) is 2.41. The summed E-state index contributed by atoms with van der Waals surface area (Å²) in [5.41, 5.74) is -0.331. The summed E-state index contributed by atoms with van der Waals surface area (Å²) in [4.78, 5) is 34.2. The van der Waals surface area contributed by atoms with Gasteiger partial charge in [0.25, 0.3) is 5.56 Å². The molecule has 2 aromatic rings. The molecule has 0 radical (unpaired) electrons. The van der Waals surface area contributed by atoms with Gasteiger partial charge in [0.1, 0.15) is 0 Å². The molecule has 0 saturated carbocycles. The van der Waals surface area contributed by atoms with Crippen molar-refractivity contribution in [2.24, 2.45) is 0 Å². The molecule has 0 fully saturated rings. The fourth-order valence-corrected chi connectivity index (χ4v) is 1.89. The molecule has 0 aliphatic heterocycles. The average molecular weight is 273 g/mol. The van der Waals surface area contributed by atoms with Crippen LogP contribution in [0.15, 0.2) is 53.5 Å². The summed E-state index contributed by atoms with van der Waals surface area (Å²) >= 11 is 0. The quantitative estimate of drug-likeness (QED) is 0.873. The van der Waals surface area contributed by atoms with Crippen LogP contribution >= 0.6 is 0 Å². The van der Waals surface area contributed by atoms with Crippen LogP contribution in [-0.4, -0.2) is 26.7 Å². The second-order valence-electron chi connectivity index (χ2n) is 4.12. The first-order valence-corrected chi connectivity index (χ1v) is 5.74. The van der Waals surface area contributed by atoms with E-state index in [1.54, 1.807) is 30.3 Å². The number of aliphatic carboxylic acids is 1. The van der Waals surface area contributed by atoms with Crippen LogP contribution < -0.4 is 5.56 Å². The summed E-state index contributed by atoms with van der Waals surface area (Å²) in [7, 11) is 0. The fraction of sp³-hybridized carbons (Fsp3) is 0.0714. The van der Waals surface area contributed by atoms with Crippen molar-refractivity contribution in [2.45, 2.75) is 6.04 Å². The van der Waals surface area contributed by atoms with Gasteiger partial charge in [0.05, 0.1) is 5.56 Å². The third-order valence-corrected chi connectivity index (χ3v) is 2.81. The van der Waals surface area contributed by atoms with Gasteiger partial charge in [0.2, 0.25) is 0 Å². The first-order chi connectivity index (χ1) is 9.50. The minimum Gasteiger partial charge on any atom is -0.479 e. The van der Waals surface area contributed by atoms with E-state index in [4.69, 9.17) is 5.11 Å². The number of pyridine rings is 1. The summed E-state index contributed by atoms with van der Waals surface area (Å²) in [6.45, 7) is 0. The zero-order valence-electron chi connectivity index (χ0n) is 10.3. The molecule has 0 aliphatic carbocycles. The maximum absolute atomic E-state index is 11.8. The first-order valence-electron chi connectivity index (χ1n) is 5.74. The van der Waals surface area contributed by atoms with E-state index in [0.717, 1.165) is 22.9 Å². The number of rotatable bonds is 4. The van der Waals surface area contributed by atoms with E-state index < -0.39 is 23.5 Å². The summed E-state index contributed by atoms with van der Waals surface area (Å²) in [5.74, 6) is -2.46. The minimum atomic E-state index is -1.26. The Labute approximate surface area is 113 Å². The van der Waals surface area contributed by atoms with Crippen LogP contribution in [0.2, 0.25) is 0 Å². The van der Waals surface area contributed by atoms with Gasteiger partial charge in [-0.05, 0) is 11.6 Å². The van der Waals surface area contributed by atoms with Gasteiger partial charge in [-0.25, -0.2) is 9.59 Å². The summed E-state index contributed by atoms with van der Waals surface area (Å²) < 4.78 is 0.904. The minimum absolute atomic E-state index is 0.146. The third-order valence-electron chi connectivity index (χ3n) is 2.81. The van der Waals surface area contributed by atoms with E-state index in [9.17, 15) is 19.5 Å². The van der Waals surface area contributed by atoms with Crippen LogP contribution in [0.5, 0.6) is 0 Å². The van der Waals surface area contributed by atoms with E-state index in [0.29, 0.717) is 5.56 Å². The molecule has 2 N–H and O–H groups in total. The van der Waals surface area contributed by atoms with E-state index in [1.165, 1.54) is 0 Å². The third kappa shape index (κ3) is 2.59. The van der Waals surface area contributed by atoms with Crippen molar-refractivity contribution >= 4 is 11.9 Å². The normalized spacial score (nSPS) is 11.8. The zero-order chi connectivity index (χ0) is 14.7. The van der Waals surface area contributed by atoms with Gasteiger partial charge in [-0.3, -0.25) is 9.36 Å². The Morgan fingerprint density at radius 2 is 1.65 bits per heavy atom. The Morgan fingerprint density at radius 3 is 2.20 bits per heavy atom. The number of carbonyl (C=O) groups is 2. The number of benzene rings is 1. The van der Waals surface area contributed by atoms with Gasteiger partial charge in [-0.2, -0.15) is 0 Å². The van der Waals surface area contributed by atoms with Crippen molar-refractivity contribution in [3.63, 3.8) is 0 Å². The monoisotopic (exact) mass is 273 g/mol. The molecule has 1 atom stereocenters. The standard InChI is InChI=1S/C14H11NO5/c16-11-7-6-10(13(17)18)8-15(11)12(14(19)20)9-4-2-1-3-5-9/h1-8,12H,(H,17,18)(H,19,20)/t12-/m0/s1. The number of nitrogens with zero attached hydrogens (tertiary/aromatic N) is 1. The second-order valence-corrected chi connectivity index (χ2v) is 4.12. The topological polar surface area (TPSA) is 96.6 Å². The van der Waals surface area contributed by atoms with Crippen LogP contribution in [0, 0.1) is 0 Å². The molecule has 0 bridgehead atoms. The molecule has 0 aliphatic rings. The van der Waals surface area contributed by atoms with Crippen molar-refractivity contribution in [2.75, 3.05) is 0 Å². The number of aromatic nitrogens is 1. The van der Waals surface area contributed by atoms with Gasteiger partial charge >= 0.3 is 11.9 Å². The van der Waals surface area contributed by atoms with Crippen molar-refractivity contribution in [1.82, 2.24) is 4.57 Å². The smallest absolute Gasteiger partial charge is 0.337 e. The second kappa shape index (κ2) is 5.40. The number of carboxylic acids is 2. The van der Waals surface area contributed by atoms with Crippen molar-refractivity contribution in [3.05, 3.63) is 70.1 Å². The molecule has 0 amide bonds. The van der Waals surface area contributed by atoms with E-state index in [1.807, 2.05) is 0 Å². The Bertz CT molecular complexity index is 705. The highest BCUT2D eigenvalue weighted by Gasteiger charge is 2.23. The Morgan fingerprint density at radius 1 is 1.00 bits per heavy atom. The zero-order valence-corrected chi connectivity index (χ0v) is 10.3. The molecule has 6 nitrogen and oxygen atoms in total. The number of hydrogen-bond acceptors (Lipinski definition) is 3. The van der Waals surface area contributed by atoms with Crippen LogP contribution in [0.1, 0.15) is 22.0 Å². The summed E-state index contributed by atoms with van der Waals surface area (Å²) in [5, 5.41) is 18.3. The van der Waals surface area contributed by atoms with E-state index >= 15 is 0 Å². The van der Waals surface area contributed by atoms with Crippen molar-refractivity contribution in [3.8, 4) is 0 Å². The first kappa shape index (κ1) is 13.5. The molecule has 1 heterocycles. The Hall–Kier alpha value is -2.89. The van der Waals surface area contributed by atoms with Crippen LogP contribution in [0.3, 0.4) is 0 Å². The molecule has 102 valence electrons. The molecule has 1 aromatic carbocycles. The Balaban J connectivity index is 2.61. The molecule has 6 heteroatoms. The molecule has 1 aromatic heterocycles. The highest BCUT2D eigenvalue weighted by molar-refractivity contribution is 5.87. The van der Waals surface area contributed by atoms with Crippen LogP contribution in [0.25, 0.3) is 0 Å². The van der Waals surface area contributed by atoms with Crippen molar-refractivity contribution < 1.29 is 19.8 Å². The van der Waals surface area contributed by atoms with Gasteiger partial charge < -0.3 is 10.2 Å². The number of carboxylic acid groups (broad SMARTS) is 2. The molecule has 20 heavy (non-hydrogen) atoms. The van der Waals surface area contributed by atoms with E-state index in [2.05, 4.69) is 0 Å². The SMILES string of the molecule is O=C(O)c1ccc(=O)n([C@H](C(=O)O)c2ccccc2)c1. The lowest BCUT2D eigenvalue weighted by molar-refractivity contribution is -0.139. The molecule has 2 rings (SSSR count). The summed E-state index contributed by atoms with van der Waals surface area (Å²) in [6.07, 6.45) is 1.04. The maximum atomic E-state index is 11.8. The lowest BCUT2D eigenvalue weighted by atomic mass is 10.1. The largest absolute Gasteiger partial charge is 0.479 e. The highest BCUT2D eigenvalue weighted by atomic mass is 16.4. The summed E-state index contributed by atoms with van der Waals surface area (Å²) in [6, 6.07) is 9.08. The number of aromatic carboxylic acids is 1. The van der Waals surface area contributed by atoms with Gasteiger partial charge in [-0.15, -0.1) is 0 Å². The molecule has 0 spiro atoms. The molecule has 0 unspecified atom stereocenters. The van der Waals surface area contributed by atoms with Gasteiger partial charge in [0, 0.05) is 12.3 Å². The number of hydrogen-bond donors (Lipinski definition) is 2. The maximum Gasteiger partial charge on any atom is 0.337 e. The molecular formula is C14H11NO5. The predicted octanol–water partition coefficient (Wildman–Crippen LogP) is 1.22. The lowest BCUT2D eigenvalue weighted by Gasteiger charge is -2.16. The highest BCUT2D eigenvalue weighted by Crippen LogP contribution is 2.17. The van der Waals surface area contributed by atoms with Gasteiger partial charge in [0.15, 0.2) is 6.04 Å².